The summed E-state index contributed by atoms with van der Waals surface area (Å²) in [5, 5.41) is 9.59. The van der Waals surface area contributed by atoms with Crippen molar-refractivity contribution in [1.29, 1.82) is 5.26 Å². The first-order chi connectivity index (χ1) is 14.1. The van der Waals surface area contributed by atoms with Gasteiger partial charge in [0.25, 0.3) is 0 Å². The first-order valence-electron chi connectivity index (χ1n) is 9.47. The van der Waals surface area contributed by atoms with Crippen molar-refractivity contribution in [2.24, 2.45) is 0 Å². The van der Waals surface area contributed by atoms with E-state index in [0.717, 1.165) is 18.8 Å². The molecule has 3 aromatic rings. The van der Waals surface area contributed by atoms with Gasteiger partial charge in [-0.3, -0.25) is 0 Å². The molecule has 29 heavy (non-hydrogen) atoms. The highest BCUT2D eigenvalue weighted by molar-refractivity contribution is 5.73. The van der Waals surface area contributed by atoms with Crippen molar-refractivity contribution in [3.63, 3.8) is 0 Å². The number of hydrogen-bond acceptors (Lipinski definition) is 5. The summed E-state index contributed by atoms with van der Waals surface area (Å²) in [7, 11) is 0. The molecule has 4 rings (SSSR count). The van der Waals surface area contributed by atoms with Crippen LogP contribution >= 0.6 is 0 Å². The first kappa shape index (κ1) is 18.8. The summed E-state index contributed by atoms with van der Waals surface area (Å²) >= 11 is 0. The van der Waals surface area contributed by atoms with Crippen LogP contribution < -0.4 is 15.4 Å². The number of halogens is 1. The maximum Gasteiger partial charge on any atom is 0.356 e. The van der Waals surface area contributed by atoms with Gasteiger partial charge in [-0.05, 0) is 43.3 Å². The lowest BCUT2D eigenvalue weighted by Crippen LogP contribution is -2.47. The van der Waals surface area contributed by atoms with Gasteiger partial charge < -0.3 is 14.2 Å². The number of hydrogen-bond donors (Lipinski definition) is 0. The van der Waals surface area contributed by atoms with Gasteiger partial charge in [-0.15, -0.1) is 0 Å². The molecule has 0 radical (unpaired) electrons. The number of nitriles is 1. The third-order valence-electron chi connectivity index (χ3n) is 5.27. The number of anilines is 2. The molecule has 1 aliphatic heterocycles. The molecule has 5 nitrogen and oxygen atoms in total. The van der Waals surface area contributed by atoms with E-state index < -0.39 is 5.63 Å². The number of para-hydroxylation sites is 1. The molecule has 1 aliphatic rings. The molecule has 0 aliphatic carbocycles. The summed E-state index contributed by atoms with van der Waals surface area (Å²) < 4.78 is 18.7. The van der Waals surface area contributed by atoms with Crippen molar-refractivity contribution in [2.45, 2.75) is 6.92 Å². The standard InChI is InChI=1S/C23H20FN3O2/c1-16-21(27-13-11-26(12-14-27)19-5-3-2-4-6-19)20(15-25)23(28)29-22(16)17-7-9-18(24)10-8-17/h2-10H,11-14H2,1H3. The Labute approximate surface area is 168 Å². The van der Waals surface area contributed by atoms with E-state index in [1.807, 2.05) is 31.2 Å². The Morgan fingerprint density at radius 1 is 0.966 bits per heavy atom. The van der Waals surface area contributed by atoms with Crippen LogP contribution in [0.1, 0.15) is 11.1 Å². The van der Waals surface area contributed by atoms with Crippen LogP contribution in [0.15, 0.2) is 63.8 Å². The minimum Gasteiger partial charge on any atom is -0.421 e. The van der Waals surface area contributed by atoms with E-state index in [1.165, 1.54) is 12.1 Å². The Hall–Kier alpha value is -3.59. The highest BCUT2D eigenvalue weighted by atomic mass is 19.1. The molecular weight excluding hydrogens is 369 g/mol. The Morgan fingerprint density at radius 2 is 1.59 bits per heavy atom. The fraction of sp³-hybridized carbons (Fsp3) is 0.217. The minimum absolute atomic E-state index is 0.0153. The van der Waals surface area contributed by atoms with E-state index in [2.05, 4.69) is 21.9 Å². The van der Waals surface area contributed by atoms with Gasteiger partial charge in [-0.25, -0.2) is 9.18 Å². The van der Waals surface area contributed by atoms with E-state index in [4.69, 9.17) is 4.42 Å². The zero-order chi connectivity index (χ0) is 20.4. The van der Waals surface area contributed by atoms with Crippen LogP contribution in [-0.4, -0.2) is 26.2 Å². The van der Waals surface area contributed by atoms with E-state index in [-0.39, 0.29) is 11.4 Å². The van der Waals surface area contributed by atoms with Gasteiger partial charge in [0.05, 0.1) is 5.69 Å². The third kappa shape index (κ3) is 3.59. The van der Waals surface area contributed by atoms with Crippen molar-refractivity contribution in [3.8, 4) is 17.4 Å². The molecule has 0 amide bonds. The van der Waals surface area contributed by atoms with Gasteiger partial charge in [0.2, 0.25) is 0 Å². The molecule has 2 aromatic carbocycles. The lowest BCUT2D eigenvalue weighted by Gasteiger charge is -2.38. The van der Waals surface area contributed by atoms with Crippen LogP contribution in [0.25, 0.3) is 11.3 Å². The Kier molecular flexibility index (Phi) is 5.05. The van der Waals surface area contributed by atoms with Gasteiger partial charge >= 0.3 is 5.63 Å². The zero-order valence-electron chi connectivity index (χ0n) is 16.1. The molecule has 0 unspecified atom stereocenters. The third-order valence-corrected chi connectivity index (χ3v) is 5.27. The van der Waals surface area contributed by atoms with Crippen molar-refractivity contribution in [3.05, 3.63) is 82.0 Å². The summed E-state index contributed by atoms with van der Waals surface area (Å²) in [5.74, 6) is 0.00846. The average Bonchev–Trinajstić information content (AvgIpc) is 2.76. The predicted octanol–water partition coefficient (Wildman–Crippen LogP) is 3.95. The molecule has 0 atom stereocenters. The van der Waals surface area contributed by atoms with E-state index in [9.17, 15) is 14.4 Å². The van der Waals surface area contributed by atoms with Crippen molar-refractivity contribution < 1.29 is 8.81 Å². The van der Waals surface area contributed by atoms with Crippen LogP contribution in [0, 0.1) is 24.1 Å². The van der Waals surface area contributed by atoms with Gasteiger partial charge in [-0.2, -0.15) is 5.26 Å². The molecule has 0 spiro atoms. The van der Waals surface area contributed by atoms with Crippen LogP contribution in [0.3, 0.4) is 0 Å². The maximum atomic E-state index is 13.3. The van der Waals surface area contributed by atoms with Crippen LogP contribution in [0.2, 0.25) is 0 Å². The predicted molar refractivity (Wildman–Crippen MR) is 111 cm³/mol. The summed E-state index contributed by atoms with van der Waals surface area (Å²) in [5.41, 5.74) is 2.43. The molecule has 2 heterocycles. The van der Waals surface area contributed by atoms with Gasteiger partial charge in [0.1, 0.15) is 17.6 Å². The fourth-order valence-corrected chi connectivity index (χ4v) is 3.81. The number of benzene rings is 2. The number of nitrogens with zero attached hydrogens (tertiary/aromatic N) is 3. The average molecular weight is 389 g/mol. The Bertz CT molecular complexity index is 1110. The highest BCUT2D eigenvalue weighted by Gasteiger charge is 2.26. The highest BCUT2D eigenvalue weighted by Crippen LogP contribution is 2.32. The molecule has 1 aromatic heterocycles. The molecule has 146 valence electrons. The second kappa shape index (κ2) is 7.80. The zero-order valence-corrected chi connectivity index (χ0v) is 16.1. The van der Waals surface area contributed by atoms with E-state index in [1.54, 1.807) is 12.1 Å². The quantitative estimate of drug-likeness (QED) is 0.679. The topological polar surface area (TPSA) is 60.5 Å². The Morgan fingerprint density at radius 3 is 2.21 bits per heavy atom. The second-order valence-corrected chi connectivity index (χ2v) is 7.00. The lowest BCUT2D eigenvalue weighted by atomic mass is 10.0. The molecule has 0 saturated carbocycles. The summed E-state index contributed by atoms with van der Waals surface area (Å²) in [4.78, 5) is 16.9. The second-order valence-electron chi connectivity index (χ2n) is 7.00. The summed E-state index contributed by atoms with van der Waals surface area (Å²) in [6, 6.07) is 18.0. The van der Waals surface area contributed by atoms with Crippen LogP contribution in [0.4, 0.5) is 15.8 Å². The van der Waals surface area contributed by atoms with Gasteiger partial charge in [0, 0.05) is 43.0 Å². The molecule has 0 N–H and O–H groups in total. The van der Waals surface area contributed by atoms with E-state index >= 15 is 0 Å². The number of rotatable bonds is 3. The monoisotopic (exact) mass is 389 g/mol. The molecule has 6 heteroatoms. The fourth-order valence-electron chi connectivity index (χ4n) is 3.81. The first-order valence-corrected chi connectivity index (χ1v) is 9.47. The molecular formula is C23H20FN3O2. The largest absolute Gasteiger partial charge is 0.421 e. The van der Waals surface area contributed by atoms with Crippen molar-refractivity contribution >= 4 is 11.4 Å². The normalized spacial score (nSPS) is 14.0. The summed E-state index contributed by atoms with van der Waals surface area (Å²) in [6.07, 6.45) is 0. The Balaban J connectivity index is 1.69. The molecule has 1 saturated heterocycles. The van der Waals surface area contributed by atoms with Crippen LogP contribution in [-0.2, 0) is 0 Å². The maximum absolute atomic E-state index is 13.3. The smallest absolute Gasteiger partial charge is 0.356 e. The SMILES string of the molecule is Cc1c(-c2ccc(F)cc2)oc(=O)c(C#N)c1N1CCN(c2ccccc2)CC1. The van der Waals surface area contributed by atoms with Crippen LogP contribution in [0.5, 0.6) is 0 Å². The lowest BCUT2D eigenvalue weighted by molar-refractivity contribution is 0.517. The number of piperazine rings is 1. The van der Waals surface area contributed by atoms with Crippen molar-refractivity contribution in [2.75, 3.05) is 36.0 Å². The van der Waals surface area contributed by atoms with Crippen molar-refractivity contribution in [1.82, 2.24) is 0 Å². The molecule has 1 fully saturated rings. The summed E-state index contributed by atoms with van der Waals surface area (Å²) in [6.45, 7) is 4.75. The van der Waals surface area contributed by atoms with E-state index in [0.29, 0.717) is 35.7 Å². The van der Waals surface area contributed by atoms with Gasteiger partial charge in [-0.1, -0.05) is 18.2 Å². The van der Waals surface area contributed by atoms with Gasteiger partial charge in [0.15, 0.2) is 5.56 Å². The molecule has 0 bridgehead atoms. The minimum atomic E-state index is -0.669.